The number of rotatable bonds is 9. The Kier molecular flexibility index (Phi) is 7.75. The van der Waals surface area contributed by atoms with Gasteiger partial charge in [-0.25, -0.2) is 9.18 Å². The van der Waals surface area contributed by atoms with Crippen molar-refractivity contribution in [1.82, 2.24) is 0 Å². The van der Waals surface area contributed by atoms with Gasteiger partial charge in [-0.15, -0.1) is 4.58 Å². The molecule has 3 aromatic carbocycles. The number of ether oxygens (including phenoxy) is 2. The summed E-state index contributed by atoms with van der Waals surface area (Å²) in [6.07, 6.45) is -0.430. The predicted molar refractivity (Wildman–Crippen MR) is 136 cm³/mol. The van der Waals surface area contributed by atoms with Gasteiger partial charge >= 0.3 is 11.8 Å². The van der Waals surface area contributed by atoms with E-state index in [4.69, 9.17) is 36.9 Å². The lowest BCUT2D eigenvalue weighted by atomic mass is 10.0. The Bertz CT molecular complexity index is 1510. The number of amides is 1. The maximum atomic E-state index is 14.6. The number of fused-ring (bicyclic) bond motifs is 1. The van der Waals surface area contributed by atoms with Crippen molar-refractivity contribution in [3.8, 4) is 22.6 Å². The molecule has 1 amide bonds. The zero-order valence-corrected chi connectivity index (χ0v) is 21.9. The number of halogens is 3. The Balaban J connectivity index is 1.66. The number of carbonyl (C=O) groups excluding carboxylic acids is 1. The number of nitrogens with zero attached hydrogens (tertiary/aromatic N) is 1. The summed E-state index contributed by atoms with van der Waals surface area (Å²) < 4.78 is 55.8. The van der Waals surface area contributed by atoms with E-state index in [1.54, 1.807) is 36.4 Å². The molecule has 0 radical (unpaired) electrons. The highest BCUT2D eigenvalue weighted by molar-refractivity contribution is 7.86. The largest absolute Gasteiger partial charge is 0.492 e. The fourth-order valence-corrected chi connectivity index (χ4v) is 5.20. The van der Waals surface area contributed by atoms with E-state index in [0.29, 0.717) is 11.1 Å². The van der Waals surface area contributed by atoms with Gasteiger partial charge in [0.15, 0.2) is 24.1 Å². The third-order valence-corrected chi connectivity index (χ3v) is 6.73. The number of methoxy groups -OCH3 is 1. The molecule has 0 fully saturated rings. The van der Waals surface area contributed by atoms with Crippen molar-refractivity contribution in [2.24, 2.45) is 0 Å². The Morgan fingerprint density at radius 3 is 2.27 bits per heavy atom. The van der Waals surface area contributed by atoms with Gasteiger partial charge in [0.05, 0.1) is 23.4 Å². The number of benzene rings is 3. The van der Waals surface area contributed by atoms with Gasteiger partial charge in [0.25, 0.3) is 10.1 Å². The Morgan fingerprint density at radius 2 is 1.68 bits per heavy atom. The van der Waals surface area contributed by atoms with Crippen molar-refractivity contribution < 1.29 is 40.9 Å². The molecule has 0 spiro atoms. The van der Waals surface area contributed by atoms with Crippen LogP contribution in [-0.4, -0.2) is 62.5 Å². The predicted octanol–water partition coefficient (Wildman–Crippen LogP) is 4.70. The molecule has 1 atom stereocenters. The Labute approximate surface area is 222 Å². The SMILES string of the molecule is COc1c(OC[C@@H](C[N+]2=C(O)c3ccccc3C2=O)OS(C)(=O)=O)cc(F)cc1-c1c(Cl)cccc1Cl. The Morgan fingerprint density at radius 1 is 1.03 bits per heavy atom. The van der Waals surface area contributed by atoms with Crippen LogP contribution in [0.4, 0.5) is 4.39 Å². The highest BCUT2D eigenvalue weighted by Gasteiger charge is 2.40. The summed E-state index contributed by atoms with van der Waals surface area (Å²) in [6.45, 7) is -0.816. The molecule has 1 heterocycles. The van der Waals surface area contributed by atoms with Crippen LogP contribution in [0.25, 0.3) is 11.1 Å². The van der Waals surface area contributed by atoms with E-state index >= 15 is 0 Å². The lowest BCUT2D eigenvalue weighted by Crippen LogP contribution is -2.37. The van der Waals surface area contributed by atoms with Gasteiger partial charge in [0.1, 0.15) is 23.6 Å². The fourth-order valence-electron chi connectivity index (χ4n) is 3.99. The number of aliphatic hydroxyl groups is 1. The van der Waals surface area contributed by atoms with E-state index < -0.39 is 34.6 Å². The molecule has 0 saturated heterocycles. The van der Waals surface area contributed by atoms with Gasteiger partial charge in [0, 0.05) is 17.2 Å². The highest BCUT2D eigenvalue weighted by atomic mass is 35.5. The van der Waals surface area contributed by atoms with E-state index in [1.807, 2.05) is 0 Å². The third-order valence-electron chi connectivity index (χ3n) is 5.48. The van der Waals surface area contributed by atoms with Crippen LogP contribution < -0.4 is 9.47 Å². The molecule has 0 aromatic heterocycles. The minimum atomic E-state index is -4.01. The smallest absolute Gasteiger partial charge is 0.423 e. The van der Waals surface area contributed by atoms with Gasteiger partial charge in [-0.3, -0.25) is 4.18 Å². The first kappa shape index (κ1) is 26.9. The number of hydrogen-bond acceptors (Lipinski definition) is 6. The normalized spacial score (nSPS) is 14.0. The molecule has 0 aliphatic carbocycles. The van der Waals surface area contributed by atoms with Crippen molar-refractivity contribution in [3.63, 3.8) is 0 Å². The topological polar surface area (TPSA) is 102 Å². The first-order chi connectivity index (χ1) is 17.5. The zero-order valence-electron chi connectivity index (χ0n) is 19.6. The second-order valence-electron chi connectivity index (χ2n) is 8.10. The number of hydrogen-bond donors (Lipinski definition) is 1. The van der Waals surface area contributed by atoms with Crippen molar-refractivity contribution in [2.45, 2.75) is 6.10 Å². The third kappa shape index (κ3) is 5.72. The molecule has 1 N–H and O–H groups in total. The molecule has 1 aliphatic rings. The van der Waals surface area contributed by atoms with Crippen LogP contribution >= 0.6 is 23.2 Å². The molecule has 37 heavy (non-hydrogen) atoms. The average molecular weight is 569 g/mol. The maximum Gasteiger partial charge on any atom is 0.423 e. The van der Waals surface area contributed by atoms with Crippen LogP contribution in [0.1, 0.15) is 15.9 Å². The van der Waals surface area contributed by atoms with E-state index in [9.17, 15) is 22.7 Å². The van der Waals surface area contributed by atoms with E-state index in [-0.39, 0.29) is 45.1 Å². The van der Waals surface area contributed by atoms with Crippen molar-refractivity contribution in [3.05, 3.63) is 81.6 Å². The van der Waals surface area contributed by atoms with Gasteiger partial charge < -0.3 is 14.6 Å². The van der Waals surface area contributed by atoms with Crippen molar-refractivity contribution in [1.29, 1.82) is 0 Å². The first-order valence-electron chi connectivity index (χ1n) is 10.8. The molecule has 194 valence electrons. The fraction of sp³-hybridized carbons (Fsp3) is 0.200. The highest BCUT2D eigenvalue weighted by Crippen LogP contribution is 2.44. The molecule has 12 heteroatoms. The number of aliphatic hydroxyl groups excluding tert-OH is 1. The van der Waals surface area contributed by atoms with E-state index in [1.165, 1.54) is 19.2 Å². The summed E-state index contributed by atoms with van der Waals surface area (Å²) in [7, 11) is -2.67. The quantitative estimate of drug-likeness (QED) is 0.295. The lowest BCUT2D eigenvalue weighted by molar-refractivity contribution is -0.444. The van der Waals surface area contributed by atoms with E-state index in [2.05, 4.69) is 0 Å². The standard InChI is InChI=1S/C25H20Cl2FNO7S/c1-34-23-18(22-19(26)8-5-9-20(22)27)10-14(28)11-21(23)35-13-15(36-37(2,32)33)12-29-24(30)16-6-3-4-7-17(16)25(29)31/h3-11,15H,12-13H2,1-2H3/p+1/t15-/m1/s1. The number of carbonyl (C=O) groups is 1. The van der Waals surface area contributed by atoms with Gasteiger partial charge in [0.2, 0.25) is 0 Å². The molecular formula is C25H21Cl2FNO7S+. The summed E-state index contributed by atoms with van der Waals surface area (Å²) >= 11 is 12.6. The van der Waals surface area contributed by atoms with Crippen LogP contribution in [0.5, 0.6) is 11.5 Å². The van der Waals surface area contributed by atoms with E-state index in [0.717, 1.165) is 16.9 Å². The molecule has 1 aliphatic heterocycles. The first-order valence-corrected chi connectivity index (χ1v) is 13.4. The molecule has 8 nitrogen and oxygen atoms in total. The van der Waals surface area contributed by atoms with Gasteiger partial charge in [-0.2, -0.15) is 8.42 Å². The van der Waals surface area contributed by atoms with Crippen molar-refractivity contribution >= 4 is 45.1 Å². The summed E-state index contributed by atoms with van der Waals surface area (Å²) in [6, 6.07) is 13.4. The average Bonchev–Trinajstić information content (AvgIpc) is 3.06. The van der Waals surface area contributed by atoms with Gasteiger partial charge in [-0.1, -0.05) is 41.4 Å². The molecule has 3 aromatic rings. The molecular weight excluding hydrogens is 548 g/mol. The summed E-state index contributed by atoms with van der Waals surface area (Å²) in [5.74, 6) is -1.57. The van der Waals surface area contributed by atoms with Crippen LogP contribution in [0.15, 0.2) is 54.6 Å². The summed E-state index contributed by atoms with van der Waals surface area (Å²) in [5.41, 5.74) is 1.09. The maximum absolute atomic E-state index is 14.6. The molecule has 4 rings (SSSR count). The van der Waals surface area contributed by atoms with Crippen LogP contribution in [0, 0.1) is 5.82 Å². The summed E-state index contributed by atoms with van der Waals surface area (Å²) in [5, 5.41) is 11.1. The second-order valence-corrected chi connectivity index (χ2v) is 10.5. The van der Waals surface area contributed by atoms with Gasteiger partial charge in [-0.05, 0) is 30.3 Å². The minimum absolute atomic E-state index is 0.0835. The molecule has 0 bridgehead atoms. The molecule has 0 unspecified atom stereocenters. The van der Waals surface area contributed by atoms with Crippen LogP contribution in [0.3, 0.4) is 0 Å². The van der Waals surface area contributed by atoms with Crippen LogP contribution in [-0.2, 0) is 14.3 Å². The van der Waals surface area contributed by atoms with Crippen LogP contribution in [0.2, 0.25) is 10.0 Å². The minimum Gasteiger partial charge on any atom is -0.492 e. The van der Waals surface area contributed by atoms with Crippen molar-refractivity contribution in [2.75, 3.05) is 26.5 Å². The zero-order chi connectivity index (χ0) is 26.9. The monoisotopic (exact) mass is 568 g/mol. The second kappa shape index (κ2) is 10.7. The summed E-state index contributed by atoms with van der Waals surface area (Å²) in [4.78, 5) is 12.8. The lowest BCUT2D eigenvalue weighted by Gasteiger charge is -2.19. The Hall–Kier alpha value is -3.18. The molecule has 0 saturated carbocycles.